The first-order valence-corrected chi connectivity index (χ1v) is 11.1. The molecule has 2 N–H and O–H groups in total. The van der Waals surface area contributed by atoms with Crippen molar-refractivity contribution >= 4 is 52.5 Å². The van der Waals surface area contributed by atoms with Crippen molar-refractivity contribution < 1.29 is 14.4 Å². The Labute approximate surface area is 184 Å². The third-order valence-corrected chi connectivity index (χ3v) is 6.98. The van der Waals surface area contributed by atoms with Gasteiger partial charge in [0.1, 0.15) is 0 Å². The molecule has 2 heterocycles. The number of hydrogen-bond acceptors (Lipinski definition) is 4. The van der Waals surface area contributed by atoms with E-state index in [9.17, 15) is 14.4 Å². The summed E-state index contributed by atoms with van der Waals surface area (Å²) in [5.41, 5.74) is 2.39. The number of carbonyl (C=O) groups is 3. The van der Waals surface area contributed by atoms with Crippen LogP contribution in [0.4, 0.5) is 11.4 Å². The van der Waals surface area contributed by atoms with Crippen LogP contribution in [0.2, 0.25) is 5.02 Å². The number of nitrogens with one attached hydrogen (secondary N) is 2. The maximum atomic E-state index is 13.0. The quantitative estimate of drug-likeness (QED) is 0.704. The molecule has 30 heavy (non-hydrogen) atoms. The Hall–Kier alpha value is -2.51. The Morgan fingerprint density at radius 2 is 1.90 bits per heavy atom. The van der Waals surface area contributed by atoms with E-state index in [2.05, 4.69) is 10.6 Å². The van der Waals surface area contributed by atoms with E-state index in [0.717, 1.165) is 16.1 Å². The Kier molecular flexibility index (Phi) is 6.01. The molecule has 2 aliphatic rings. The number of likely N-dealkylation sites (tertiary alicyclic amines) is 1. The fraction of sp³-hybridized carbons (Fsp3) is 0.318. The summed E-state index contributed by atoms with van der Waals surface area (Å²) < 4.78 is 0. The molecule has 156 valence electrons. The highest BCUT2D eigenvalue weighted by Crippen LogP contribution is 2.36. The summed E-state index contributed by atoms with van der Waals surface area (Å²) >= 11 is 7.31. The predicted octanol–water partition coefficient (Wildman–Crippen LogP) is 3.94. The highest BCUT2D eigenvalue weighted by Gasteiger charge is 2.37. The largest absolute Gasteiger partial charge is 0.341 e. The number of para-hydroxylation sites is 1. The highest BCUT2D eigenvalue weighted by molar-refractivity contribution is 8.01. The van der Waals surface area contributed by atoms with Gasteiger partial charge in [0, 0.05) is 34.6 Å². The average molecular weight is 444 g/mol. The fourth-order valence-electron chi connectivity index (χ4n) is 3.71. The number of benzene rings is 2. The van der Waals surface area contributed by atoms with Crippen molar-refractivity contribution in [3.63, 3.8) is 0 Å². The van der Waals surface area contributed by atoms with Crippen LogP contribution in [0.5, 0.6) is 0 Å². The lowest BCUT2D eigenvalue weighted by Gasteiger charge is -2.34. The van der Waals surface area contributed by atoms with Gasteiger partial charge in [-0.05, 0) is 49.6 Å². The monoisotopic (exact) mass is 443 g/mol. The lowest BCUT2D eigenvalue weighted by molar-refractivity contribution is -0.136. The lowest BCUT2D eigenvalue weighted by atomic mass is 9.95. The summed E-state index contributed by atoms with van der Waals surface area (Å²) in [4.78, 5) is 40.6. The number of anilines is 2. The molecule has 0 radical (unpaired) electrons. The maximum absolute atomic E-state index is 13.0. The number of carbonyl (C=O) groups excluding carboxylic acids is 3. The van der Waals surface area contributed by atoms with Crippen molar-refractivity contribution in [1.82, 2.24) is 4.90 Å². The van der Waals surface area contributed by atoms with Gasteiger partial charge in [0.15, 0.2) is 5.25 Å². The van der Waals surface area contributed by atoms with Crippen LogP contribution in [-0.4, -0.2) is 41.0 Å². The van der Waals surface area contributed by atoms with Gasteiger partial charge >= 0.3 is 0 Å². The SMILES string of the molecule is Cc1ccc(Cl)cc1NC(=O)C1CCN(C(=O)[C@@H]2Sc3ccccc3NC2=O)CC1. The molecule has 2 aromatic rings. The molecule has 0 aliphatic carbocycles. The summed E-state index contributed by atoms with van der Waals surface area (Å²) in [6, 6.07) is 12.9. The van der Waals surface area contributed by atoms with E-state index in [-0.39, 0.29) is 23.6 Å². The maximum Gasteiger partial charge on any atom is 0.247 e. The summed E-state index contributed by atoms with van der Waals surface area (Å²) in [5.74, 6) is -0.733. The van der Waals surface area contributed by atoms with E-state index < -0.39 is 5.25 Å². The zero-order chi connectivity index (χ0) is 21.3. The lowest BCUT2D eigenvalue weighted by Crippen LogP contribution is -2.48. The first-order chi connectivity index (χ1) is 14.4. The molecule has 1 fully saturated rings. The summed E-state index contributed by atoms with van der Waals surface area (Å²) in [6.45, 7) is 2.83. The fourth-order valence-corrected chi connectivity index (χ4v) is 4.95. The predicted molar refractivity (Wildman–Crippen MR) is 119 cm³/mol. The molecule has 3 amide bonds. The minimum Gasteiger partial charge on any atom is -0.341 e. The van der Waals surface area contributed by atoms with Crippen LogP contribution in [0.3, 0.4) is 0 Å². The van der Waals surface area contributed by atoms with Gasteiger partial charge in [-0.15, -0.1) is 11.8 Å². The zero-order valence-corrected chi connectivity index (χ0v) is 18.1. The number of amides is 3. The zero-order valence-electron chi connectivity index (χ0n) is 16.5. The van der Waals surface area contributed by atoms with Crippen molar-refractivity contribution in [2.24, 2.45) is 5.92 Å². The van der Waals surface area contributed by atoms with Gasteiger partial charge in [-0.2, -0.15) is 0 Å². The third kappa shape index (κ3) is 4.32. The van der Waals surface area contributed by atoms with E-state index in [0.29, 0.717) is 36.6 Å². The van der Waals surface area contributed by atoms with Crippen LogP contribution >= 0.6 is 23.4 Å². The number of thioether (sulfide) groups is 1. The molecule has 4 rings (SSSR count). The second kappa shape index (κ2) is 8.70. The van der Waals surface area contributed by atoms with E-state index in [4.69, 9.17) is 11.6 Å². The Bertz CT molecular complexity index is 1000. The molecular weight excluding hydrogens is 422 g/mol. The topological polar surface area (TPSA) is 78.5 Å². The van der Waals surface area contributed by atoms with Gasteiger partial charge in [-0.3, -0.25) is 14.4 Å². The van der Waals surface area contributed by atoms with Gasteiger partial charge < -0.3 is 15.5 Å². The van der Waals surface area contributed by atoms with Crippen molar-refractivity contribution in [2.75, 3.05) is 23.7 Å². The molecule has 6 nitrogen and oxygen atoms in total. The number of aryl methyl sites for hydroxylation is 1. The molecule has 0 aromatic heterocycles. The highest BCUT2D eigenvalue weighted by atomic mass is 35.5. The minimum atomic E-state index is -0.792. The van der Waals surface area contributed by atoms with Gasteiger partial charge in [-0.25, -0.2) is 0 Å². The van der Waals surface area contributed by atoms with Crippen LogP contribution < -0.4 is 10.6 Å². The molecule has 0 spiro atoms. The van der Waals surface area contributed by atoms with Crippen LogP contribution in [0.25, 0.3) is 0 Å². The number of nitrogens with zero attached hydrogens (tertiary/aromatic N) is 1. The Morgan fingerprint density at radius 1 is 1.17 bits per heavy atom. The van der Waals surface area contributed by atoms with Crippen molar-refractivity contribution in [3.8, 4) is 0 Å². The number of piperidine rings is 1. The molecule has 1 saturated heterocycles. The van der Waals surface area contributed by atoms with Crippen LogP contribution in [0, 0.1) is 12.8 Å². The van der Waals surface area contributed by atoms with Crippen molar-refractivity contribution in [1.29, 1.82) is 0 Å². The summed E-state index contributed by atoms with van der Waals surface area (Å²) in [7, 11) is 0. The summed E-state index contributed by atoms with van der Waals surface area (Å²) in [5, 5.41) is 5.54. The number of fused-ring (bicyclic) bond motifs is 1. The molecule has 2 aromatic carbocycles. The van der Waals surface area contributed by atoms with E-state index in [1.165, 1.54) is 11.8 Å². The van der Waals surface area contributed by atoms with Gasteiger partial charge in [0.05, 0.1) is 5.69 Å². The minimum absolute atomic E-state index is 0.0637. The molecule has 0 unspecified atom stereocenters. The first-order valence-electron chi connectivity index (χ1n) is 9.85. The van der Waals surface area contributed by atoms with Gasteiger partial charge in [0.25, 0.3) is 0 Å². The molecule has 0 saturated carbocycles. The summed E-state index contributed by atoms with van der Waals surface area (Å²) in [6.07, 6.45) is 1.12. The number of rotatable bonds is 3. The average Bonchev–Trinajstić information content (AvgIpc) is 2.75. The Balaban J connectivity index is 1.35. The normalized spacial score (nSPS) is 19.1. The number of halogens is 1. The van der Waals surface area contributed by atoms with Crippen LogP contribution in [0.1, 0.15) is 18.4 Å². The van der Waals surface area contributed by atoms with Gasteiger partial charge in [-0.1, -0.05) is 29.8 Å². The molecule has 0 bridgehead atoms. The molecule has 2 aliphatic heterocycles. The van der Waals surface area contributed by atoms with E-state index in [1.54, 1.807) is 17.0 Å². The standard InChI is InChI=1S/C22H22ClN3O3S/c1-13-6-7-15(23)12-17(13)25-20(27)14-8-10-26(11-9-14)22(29)19-21(28)24-16-4-2-3-5-18(16)30-19/h2-7,12,14,19H,8-11H2,1H3,(H,24,28)(H,25,27)/t19-/m1/s1. The van der Waals surface area contributed by atoms with Crippen molar-refractivity contribution in [3.05, 3.63) is 53.1 Å². The van der Waals surface area contributed by atoms with Crippen LogP contribution in [0.15, 0.2) is 47.4 Å². The molecular formula is C22H22ClN3O3S. The van der Waals surface area contributed by atoms with E-state index >= 15 is 0 Å². The van der Waals surface area contributed by atoms with E-state index in [1.807, 2.05) is 37.3 Å². The smallest absolute Gasteiger partial charge is 0.247 e. The number of hydrogen-bond donors (Lipinski definition) is 2. The van der Waals surface area contributed by atoms with Gasteiger partial charge in [0.2, 0.25) is 17.7 Å². The Morgan fingerprint density at radius 3 is 2.67 bits per heavy atom. The molecule has 1 atom stereocenters. The van der Waals surface area contributed by atoms with Crippen molar-refractivity contribution in [2.45, 2.75) is 29.9 Å². The molecule has 8 heteroatoms. The van der Waals surface area contributed by atoms with Crippen LogP contribution in [-0.2, 0) is 14.4 Å². The second-order valence-corrected chi connectivity index (χ2v) is 9.11. The third-order valence-electron chi connectivity index (χ3n) is 5.49. The second-order valence-electron chi connectivity index (χ2n) is 7.53. The first kappa shape index (κ1) is 20.8.